The summed E-state index contributed by atoms with van der Waals surface area (Å²) >= 11 is 0. The van der Waals surface area contributed by atoms with Crippen molar-refractivity contribution >= 4 is 11.4 Å². The summed E-state index contributed by atoms with van der Waals surface area (Å²) in [7, 11) is 0. The van der Waals surface area contributed by atoms with Crippen molar-refractivity contribution < 1.29 is 14.2 Å². The van der Waals surface area contributed by atoms with E-state index in [2.05, 4.69) is 87.5 Å². The molecule has 0 aliphatic carbocycles. The van der Waals surface area contributed by atoms with Crippen LogP contribution in [0.3, 0.4) is 0 Å². The summed E-state index contributed by atoms with van der Waals surface area (Å²) in [5.41, 5.74) is 5.23. The van der Waals surface area contributed by atoms with E-state index in [1.807, 2.05) is 45.0 Å². The summed E-state index contributed by atoms with van der Waals surface area (Å²) in [6.45, 7) is 14.9. The maximum absolute atomic E-state index is 12.8. The van der Waals surface area contributed by atoms with Gasteiger partial charge in [-0.25, -0.2) is 14.0 Å². The maximum atomic E-state index is 12.8. The van der Waals surface area contributed by atoms with Gasteiger partial charge in [-0.05, 0) is 73.9 Å². The highest BCUT2D eigenvalue weighted by Gasteiger charge is 2.44. The van der Waals surface area contributed by atoms with Crippen molar-refractivity contribution in [1.82, 2.24) is 29.3 Å². The molecule has 3 unspecified atom stereocenters. The van der Waals surface area contributed by atoms with Gasteiger partial charge in [0.2, 0.25) is 5.79 Å². The average Bonchev–Trinajstić information content (AvgIpc) is 3.96. The largest absolute Gasteiger partial charge is 0.491 e. The van der Waals surface area contributed by atoms with Gasteiger partial charge in [-0.3, -0.25) is 0 Å². The molecule has 3 atom stereocenters. The molecule has 0 saturated carbocycles. The third-order valence-electron chi connectivity index (χ3n) is 9.59. The van der Waals surface area contributed by atoms with E-state index >= 15 is 0 Å². The van der Waals surface area contributed by atoms with E-state index in [1.165, 1.54) is 11.3 Å². The number of hydrogen-bond acceptors (Lipinski definition) is 9. The van der Waals surface area contributed by atoms with Crippen molar-refractivity contribution in [2.45, 2.75) is 71.9 Å². The minimum absolute atomic E-state index is 0.0715. The molecule has 0 spiro atoms. The van der Waals surface area contributed by atoms with Crippen LogP contribution in [0.2, 0.25) is 0 Å². The van der Waals surface area contributed by atoms with Gasteiger partial charge < -0.3 is 24.0 Å². The van der Waals surface area contributed by atoms with Crippen LogP contribution in [-0.4, -0.2) is 74.8 Å². The fraction of sp³-hybridized carbons (Fsp3) is 0.436. The Morgan fingerprint density at radius 3 is 2.00 bits per heavy atom. The Labute approximate surface area is 300 Å². The third kappa shape index (κ3) is 8.02. The minimum Gasteiger partial charge on any atom is -0.491 e. The molecule has 0 amide bonds. The predicted octanol–water partition coefficient (Wildman–Crippen LogP) is 5.86. The van der Waals surface area contributed by atoms with Crippen LogP contribution in [0.25, 0.3) is 5.69 Å². The Bertz CT molecular complexity index is 1850. The molecule has 2 aromatic heterocycles. The molecule has 12 heteroatoms. The Morgan fingerprint density at radius 2 is 1.41 bits per heavy atom. The van der Waals surface area contributed by atoms with E-state index in [0.29, 0.717) is 19.8 Å². The zero-order chi connectivity index (χ0) is 35.8. The van der Waals surface area contributed by atoms with E-state index in [0.717, 1.165) is 61.7 Å². The average molecular weight is 695 g/mol. The van der Waals surface area contributed by atoms with Gasteiger partial charge >= 0.3 is 5.69 Å². The normalized spacial score (nSPS) is 19.4. The number of piperazine rings is 1. The van der Waals surface area contributed by atoms with Gasteiger partial charge in [0.25, 0.3) is 0 Å². The number of ether oxygens (including phenoxy) is 3. The zero-order valence-electron chi connectivity index (χ0n) is 30.4. The highest BCUT2D eigenvalue weighted by atomic mass is 16.8. The first-order valence-corrected chi connectivity index (χ1v) is 18.2. The highest BCUT2D eigenvalue weighted by molar-refractivity contribution is 5.54. The van der Waals surface area contributed by atoms with E-state index < -0.39 is 5.79 Å². The summed E-state index contributed by atoms with van der Waals surface area (Å²) < 4.78 is 22.2. The molecule has 51 heavy (non-hydrogen) atoms. The molecule has 7 rings (SSSR count). The minimum atomic E-state index is -0.982. The van der Waals surface area contributed by atoms with E-state index in [9.17, 15) is 4.79 Å². The Morgan fingerprint density at radius 1 is 0.824 bits per heavy atom. The smallest absolute Gasteiger partial charge is 0.350 e. The quantitative estimate of drug-likeness (QED) is 0.159. The molecule has 3 aromatic carbocycles. The van der Waals surface area contributed by atoms with Crippen molar-refractivity contribution in [3.8, 4) is 11.4 Å². The van der Waals surface area contributed by atoms with Crippen molar-refractivity contribution in [1.29, 1.82) is 0 Å². The molecule has 270 valence electrons. The van der Waals surface area contributed by atoms with Crippen LogP contribution in [0.15, 0.2) is 96.3 Å². The number of benzene rings is 3. The van der Waals surface area contributed by atoms with Gasteiger partial charge in [-0.1, -0.05) is 52.0 Å². The lowest BCUT2D eigenvalue weighted by molar-refractivity contribution is -0.192. The van der Waals surface area contributed by atoms with E-state index in [4.69, 9.17) is 14.2 Å². The number of nitrogens with zero attached hydrogens (tertiary/aromatic N) is 8. The number of hydrogen-bond donors (Lipinski definition) is 0. The second-order valence-electron chi connectivity index (χ2n) is 12.7. The van der Waals surface area contributed by atoms with Crippen molar-refractivity contribution in [2.75, 3.05) is 49.2 Å². The number of aryl methyl sites for hydroxylation is 1. The standard InChI is InChI=1S/C37H44N8O4.C2H6/c1-4-28(3)45-36(46)43(27-40-45)33-12-10-31(11-13-33)41-20-22-42(23-21-41)32-14-16-34(17-15-32)47-24-35-25-48-37(49-35,26-44-38-18-19-39-44)30-8-6-29(5-2)7-9-30;1-2/h6-19,27-28,35H,4-5,20-26H2,1-3H3;1-2H3. The lowest BCUT2D eigenvalue weighted by atomic mass is 10.0. The first kappa shape index (κ1) is 35.9. The summed E-state index contributed by atoms with van der Waals surface area (Å²) in [5, 5.41) is 12.9. The second kappa shape index (κ2) is 16.4. The molecule has 4 heterocycles. The van der Waals surface area contributed by atoms with Gasteiger partial charge in [0.15, 0.2) is 0 Å². The first-order valence-electron chi connectivity index (χ1n) is 18.2. The van der Waals surface area contributed by atoms with Gasteiger partial charge in [0.05, 0.1) is 30.7 Å². The summed E-state index contributed by atoms with van der Waals surface area (Å²) in [6.07, 6.45) is 6.50. The van der Waals surface area contributed by atoms with E-state index in [-0.39, 0.29) is 17.8 Å². The van der Waals surface area contributed by atoms with Crippen LogP contribution in [0, 0.1) is 0 Å². The molecule has 2 aliphatic rings. The van der Waals surface area contributed by atoms with E-state index in [1.54, 1.807) is 32.8 Å². The van der Waals surface area contributed by atoms with Crippen molar-refractivity contribution in [3.05, 3.63) is 113 Å². The second-order valence-corrected chi connectivity index (χ2v) is 12.7. The molecule has 2 saturated heterocycles. The molecule has 2 aliphatic heterocycles. The summed E-state index contributed by atoms with van der Waals surface area (Å²) in [4.78, 5) is 19.2. The SMILES string of the molecule is CC.CCc1ccc(C2(Cn3nccn3)OCC(COc3ccc(N4CCN(c5ccc(-n6cnn(C(C)CC)c6=O)cc5)CC4)cc3)O2)cc1. The predicted molar refractivity (Wildman–Crippen MR) is 199 cm³/mol. The Kier molecular flexibility index (Phi) is 11.5. The summed E-state index contributed by atoms with van der Waals surface area (Å²) in [6, 6.07) is 24.9. The topological polar surface area (TPSA) is 105 Å². The fourth-order valence-corrected chi connectivity index (χ4v) is 6.44. The zero-order valence-corrected chi connectivity index (χ0v) is 30.4. The van der Waals surface area contributed by atoms with Crippen LogP contribution in [0.4, 0.5) is 11.4 Å². The number of aromatic nitrogens is 6. The molecule has 2 fully saturated rings. The van der Waals surface area contributed by atoms with Gasteiger partial charge in [-0.15, -0.1) is 0 Å². The van der Waals surface area contributed by atoms with Gasteiger partial charge in [0.1, 0.15) is 31.3 Å². The Balaban J connectivity index is 0.00000220. The first-order chi connectivity index (χ1) is 24.9. The molecule has 5 aromatic rings. The molecular formula is C39H50N8O4. The third-order valence-corrected chi connectivity index (χ3v) is 9.59. The van der Waals surface area contributed by atoms with Crippen LogP contribution in [0.5, 0.6) is 5.75 Å². The lowest BCUT2D eigenvalue weighted by Crippen LogP contribution is -2.46. The van der Waals surface area contributed by atoms with Crippen LogP contribution < -0.4 is 20.2 Å². The molecule has 0 bridgehead atoms. The van der Waals surface area contributed by atoms with Crippen LogP contribution in [0.1, 0.15) is 58.2 Å². The molecule has 12 nitrogen and oxygen atoms in total. The highest BCUT2D eigenvalue weighted by Crippen LogP contribution is 2.36. The van der Waals surface area contributed by atoms with Crippen molar-refractivity contribution in [3.63, 3.8) is 0 Å². The molecular weight excluding hydrogens is 644 g/mol. The maximum Gasteiger partial charge on any atom is 0.350 e. The molecule has 0 N–H and O–H groups in total. The number of rotatable bonds is 12. The Hall–Kier alpha value is -4.94. The summed E-state index contributed by atoms with van der Waals surface area (Å²) in [5.74, 6) is -0.192. The lowest BCUT2D eigenvalue weighted by Gasteiger charge is -2.37. The van der Waals surface area contributed by atoms with Crippen molar-refractivity contribution in [2.24, 2.45) is 0 Å². The van der Waals surface area contributed by atoms with Crippen LogP contribution in [-0.2, 0) is 28.2 Å². The molecule has 0 radical (unpaired) electrons. The van der Waals surface area contributed by atoms with Gasteiger partial charge in [0, 0.05) is 43.1 Å². The fourth-order valence-electron chi connectivity index (χ4n) is 6.44. The van der Waals surface area contributed by atoms with Crippen LogP contribution >= 0.6 is 0 Å². The van der Waals surface area contributed by atoms with Gasteiger partial charge in [-0.2, -0.15) is 20.1 Å². The number of anilines is 2. The monoisotopic (exact) mass is 694 g/mol.